The van der Waals surface area contributed by atoms with Gasteiger partial charge in [-0.05, 0) is 12.1 Å². The predicted molar refractivity (Wildman–Crippen MR) is 72.8 cm³/mol. The Bertz CT molecular complexity index is 717. The average Bonchev–Trinajstić information content (AvgIpc) is 2.44. The Morgan fingerprint density at radius 1 is 0.952 bits per heavy atom. The van der Waals surface area contributed by atoms with Crippen molar-refractivity contribution in [3.8, 4) is 11.5 Å². The van der Waals surface area contributed by atoms with Crippen molar-refractivity contribution in [3.05, 3.63) is 56.6 Å². The van der Waals surface area contributed by atoms with Crippen molar-refractivity contribution in [3.63, 3.8) is 0 Å². The van der Waals surface area contributed by atoms with E-state index < -0.39 is 32.7 Å². The molecule has 0 saturated carbocycles. The molecule has 0 fully saturated rings. The number of rotatable bonds is 4. The van der Waals surface area contributed by atoms with Gasteiger partial charge in [0.15, 0.2) is 5.75 Å². The van der Waals surface area contributed by atoms with Gasteiger partial charge in [-0.25, -0.2) is 0 Å². The Hall–Kier alpha value is -3.36. The molecule has 0 amide bonds. The lowest BCUT2D eigenvalue weighted by Gasteiger charge is -2.09. The topological polar surface area (TPSA) is 139 Å². The number of hydrogen-bond acceptors (Lipinski definition) is 7. The highest BCUT2D eigenvalue weighted by Crippen LogP contribution is 2.47. The molecule has 9 nitrogen and oxygen atoms in total. The molecule has 2 aromatic carbocycles. The van der Waals surface area contributed by atoms with Crippen molar-refractivity contribution in [2.45, 2.75) is 0 Å². The van der Waals surface area contributed by atoms with Crippen LogP contribution in [0.3, 0.4) is 0 Å². The molecule has 0 aliphatic heterocycles. The summed E-state index contributed by atoms with van der Waals surface area (Å²) in [6.07, 6.45) is 0. The van der Waals surface area contributed by atoms with Crippen LogP contribution in [0.25, 0.3) is 0 Å². The Morgan fingerprint density at radius 3 is 2.10 bits per heavy atom. The minimum absolute atomic E-state index is 0.212. The second kappa shape index (κ2) is 5.33. The molecule has 0 saturated heterocycles. The molecule has 2 rings (SSSR count). The third-order valence-electron chi connectivity index (χ3n) is 2.66. The average molecular weight is 291 g/mol. The number of hydrogen-bond donors (Lipinski definition) is 3. The summed E-state index contributed by atoms with van der Waals surface area (Å²) in [5.74, 6) is -2.00. The molecule has 0 atom stereocenters. The van der Waals surface area contributed by atoms with Crippen LogP contribution in [-0.4, -0.2) is 20.1 Å². The molecule has 0 heterocycles. The van der Waals surface area contributed by atoms with Crippen LogP contribution in [0.15, 0.2) is 36.4 Å². The lowest BCUT2D eigenvalue weighted by Crippen LogP contribution is -2.00. The van der Waals surface area contributed by atoms with Crippen molar-refractivity contribution >= 4 is 22.7 Å². The van der Waals surface area contributed by atoms with Crippen molar-refractivity contribution < 1.29 is 20.1 Å². The maximum atomic E-state index is 10.9. The number of phenolic OH excluding ortho intramolecular Hbond substituents is 2. The predicted octanol–water partition coefficient (Wildman–Crippen LogP) is 2.66. The number of nitro groups is 2. The summed E-state index contributed by atoms with van der Waals surface area (Å²) in [5, 5.41) is 43.7. The first-order valence-electron chi connectivity index (χ1n) is 5.61. The number of para-hydroxylation sites is 1. The minimum atomic E-state index is -1.16. The zero-order valence-corrected chi connectivity index (χ0v) is 10.4. The first kappa shape index (κ1) is 14.1. The molecule has 108 valence electrons. The van der Waals surface area contributed by atoms with Crippen LogP contribution in [0.4, 0.5) is 22.7 Å². The molecule has 0 spiro atoms. The summed E-state index contributed by atoms with van der Waals surface area (Å²) >= 11 is 0. The van der Waals surface area contributed by atoms with E-state index in [-0.39, 0.29) is 5.69 Å². The van der Waals surface area contributed by atoms with Gasteiger partial charge >= 0.3 is 11.4 Å². The molecule has 0 radical (unpaired) electrons. The molecule has 3 N–H and O–H groups in total. The molecule has 0 bridgehead atoms. The number of anilines is 2. The SMILES string of the molecule is O=[N+]([O-])c1cc(Nc2ccccc2)c(O)c(O)c1[N+](=O)[O-]. The first-order valence-corrected chi connectivity index (χ1v) is 5.61. The molecule has 0 aromatic heterocycles. The van der Waals surface area contributed by atoms with Gasteiger partial charge in [-0.2, -0.15) is 0 Å². The van der Waals surface area contributed by atoms with E-state index in [0.717, 1.165) is 6.07 Å². The van der Waals surface area contributed by atoms with Gasteiger partial charge in [-0.1, -0.05) is 18.2 Å². The minimum Gasteiger partial charge on any atom is -0.503 e. The first-order chi connectivity index (χ1) is 9.91. The molecular formula is C12H9N3O6. The van der Waals surface area contributed by atoms with Crippen LogP contribution in [-0.2, 0) is 0 Å². The highest BCUT2D eigenvalue weighted by Gasteiger charge is 2.33. The van der Waals surface area contributed by atoms with Gasteiger partial charge < -0.3 is 15.5 Å². The molecule has 0 unspecified atom stereocenters. The second-order valence-electron chi connectivity index (χ2n) is 3.99. The zero-order chi connectivity index (χ0) is 15.6. The van der Waals surface area contributed by atoms with Crippen LogP contribution >= 0.6 is 0 Å². The fourth-order valence-corrected chi connectivity index (χ4v) is 1.73. The van der Waals surface area contributed by atoms with Crippen molar-refractivity contribution in [1.29, 1.82) is 0 Å². The quantitative estimate of drug-likeness (QED) is 0.447. The molecular weight excluding hydrogens is 282 g/mol. The van der Waals surface area contributed by atoms with E-state index in [1.54, 1.807) is 30.3 Å². The normalized spacial score (nSPS) is 10.1. The Morgan fingerprint density at radius 2 is 1.57 bits per heavy atom. The summed E-state index contributed by atoms with van der Waals surface area (Å²) in [7, 11) is 0. The van der Waals surface area contributed by atoms with E-state index in [4.69, 9.17) is 0 Å². The third-order valence-corrected chi connectivity index (χ3v) is 2.66. The van der Waals surface area contributed by atoms with Crippen LogP contribution in [0.5, 0.6) is 11.5 Å². The largest absolute Gasteiger partial charge is 0.503 e. The Kier molecular flexibility index (Phi) is 3.57. The molecule has 0 aliphatic carbocycles. The molecule has 21 heavy (non-hydrogen) atoms. The number of nitrogens with one attached hydrogen (secondary N) is 1. The summed E-state index contributed by atoms with van der Waals surface area (Å²) in [5.41, 5.74) is -1.81. The van der Waals surface area contributed by atoms with E-state index in [1.807, 2.05) is 0 Å². The fourth-order valence-electron chi connectivity index (χ4n) is 1.73. The summed E-state index contributed by atoms with van der Waals surface area (Å²) < 4.78 is 0. The zero-order valence-electron chi connectivity index (χ0n) is 10.4. The number of aromatic hydroxyl groups is 2. The highest BCUT2D eigenvalue weighted by molar-refractivity contribution is 5.79. The van der Waals surface area contributed by atoms with E-state index in [9.17, 15) is 30.4 Å². The number of benzene rings is 2. The number of nitro benzene ring substituents is 2. The van der Waals surface area contributed by atoms with Crippen LogP contribution in [0.2, 0.25) is 0 Å². The van der Waals surface area contributed by atoms with E-state index in [0.29, 0.717) is 5.69 Å². The molecule has 0 aliphatic rings. The summed E-state index contributed by atoms with van der Waals surface area (Å²) in [4.78, 5) is 19.5. The van der Waals surface area contributed by atoms with E-state index >= 15 is 0 Å². The lowest BCUT2D eigenvalue weighted by molar-refractivity contribution is -0.423. The second-order valence-corrected chi connectivity index (χ2v) is 3.99. The van der Waals surface area contributed by atoms with Gasteiger partial charge in [0.1, 0.15) is 0 Å². The van der Waals surface area contributed by atoms with Gasteiger partial charge in [-0.15, -0.1) is 0 Å². The highest BCUT2D eigenvalue weighted by atomic mass is 16.6. The Labute approximate surface area is 117 Å². The smallest absolute Gasteiger partial charge is 0.391 e. The van der Waals surface area contributed by atoms with Crippen LogP contribution < -0.4 is 5.32 Å². The van der Waals surface area contributed by atoms with Gasteiger partial charge in [0.25, 0.3) is 0 Å². The number of phenols is 2. The maximum Gasteiger partial charge on any atom is 0.391 e. The number of nitrogens with zero attached hydrogens (tertiary/aromatic N) is 2. The van der Waals surface area contributed by atoms with Crippen LogP contribution in [0, 0.1) is 20.2 Å². The van der Waals surface area contributed by atoms with Gasteiger partial charge in [0.05, 0.1) is 21.6 Å². The van der Waals surface area contributed by atoms with Crippen molar-refractivity contribution in [2.24, 2.45) is 0 Å². The van der Waals surface area contributed by atoms with E-state index in [2.05, 4.69) is 5.32 Å². The Balaban J connectivity index is 2.58. The van der Waals surface area contributed by atoms with Crippen molar-refractivity contribution in [1.82, 2.24) is 0 Å². The van der Waals surface area contributed by atoms with Gasteiger partial charge in [0.2, 0.25) is 5.75 Å². The fraction of sp³-hybridized carbons (Fsp3) is 0. The van der Waals surface area contributed by atoms with E-state index in [1.165, 1.54) is 0 Å². The standard InChI is InChI=1S/C12H9N3O6/c16-11-8(13-7-4-2-1-3-5-7)6-9(14(18)19)10(12(11)17)15(20)21/h1-6,13,16-17H. The third kappa shape index (κ3) is 2.66. The van der Waals surface area contributed by atoms with Crippen LogP contribution in [0.1, 0.15) is 0 Å². The summed E-state index contributed by atoms with van der Waals surface area (Å²) in [6, 6.07) is 9.12. The maximum absolute atomic E-state index is 10.9. The lowest BCUT2D eigenvalue weighted by atomic mass is 10.2. The molecule has 9 heteroatoms. The van der Waals surface area contributed by atoms with Gasteiger partial charge in [-0.3, -0.25) is 20.2 Å². The monoisotopic (exact) mass is 291 g/mol. The summed E-state index contributed by atoms with van der Waals surface area (Å²) in [6.45, 7) is 0. The molecule has 2 aromatic rings. The van der Waals surface area contributed by atoms with Gasteiger partial charge in [0, 0.05) is 5.69 Å². The van der Waals surface area contributed by atoms with Crippen molar-refractivity contribution in [2.75, 3.05) is 5.32 Å².